The van der Waals surface area contributed by atoms with Gasteiger partial charge in [0.05, 0.1) is 6.20 Å². The lowest BCUT2D eigenvalue weighted by Gasteiger charge is -2.13. The molecule has 0 aliphatic carbocycles. The summed E-state index contributed by atoms with van der Waals surface area (Å²) in [7, 11) is 0. The first-order valence-corrected chi connectivity index (χ1v) is 3.02. The lowest BCUT2D eigenvalue weighted by atomic mass is 11.0. The van der Waals surface area contributed by atoms with E-state index in [4.69, 9.17) is 4.84 Å². The number of rotatable bonds is 1. The molecular weight excluding hydrogens is 158 g/mol. The number of nitrogens with zero attached hydrogens (tertiary/aromatic N) is 1. The SMILES string of the molecule is S=C(S)NN1NC=CO1. The molecule has 0 saturated heterocycles. The largest absolute Gasteiger partial charge is 0.373 e. The molecule has 6 heteroatoms. The van der Waals surface area contributed by atoms with Crippen LogP contribution in [0, 0.1) is 0 Å². The van der Waals surface area contributed by atoms with E-state index in [9.17, 15) is 0 Å². The van der Waals surface area contributed by atoms with Crippen LogP contribution < -0.4 is 10.9 Å². The van der Waals surface area contributed by atoms with Gasteiger partial charge < -0.3 is 4.84 Å². The highest BCUT2D eigenvalue weighted by atomic mass is 32.1. The van der Waals surface area contributed by atoms with Crippen molar-refractivity contribution in [3.63, 3.8) is 0 Å². The van der Waals surface area contributed by atoms with E-state index in [1.54, 1.807) is 6.20 Å². The zero-order valence-electron chi connectivity index (χ0n) is 4.37. The molecule has 1 rings (SSSR count). The molecule has 0 spiro atoms. The topological polar surface area (TPSA) is 36.5 Å². The van der Waals surface area contributed by atoms with Gasteiger partial charge in [-0.3, -0.25) is 10.9 Å². The zero-order valence-corrected chi connectivity index (χ0v) is 6.08. The molecule has 4 nitrogen and oxygen atoms in total. The Hall–Kier alpha value is -0.460. The van der Waals surface area contributed by atoms with Crippen molar-refractivity contribution in [3.8, 4) is 0 Å². The van der Waals surface area contributed by atoms with Gasteiger partial charge in [0.15, 0.2) is 0 Å². The summed E-state index contributed by atoms with van der Waals surface area (Å²) in [6.07, 6.45) is 3.08. The quantitative estimate of drug-likeness (QED) is 0.372. The lowest BCUT2D eigenvalue weighted by Crippen LogP contribution is -2.42. The molecule has 1 aliphatic rings. The highest BCUT2D eigenvalue weighted by molar-refractivity contribution is 8.11. The summed E-state index contributed by atoms with van der Waals surface area (Å²) in [5.74, 6) is 0. The monoisotopic (exact) mass is 163 g/mol. The maximum atomic E-state index is 4.76. The molecule has 0 aromatic rings. The molecule has 0 aromatic carbocycles. The fraction of sp³-hybridized carbons (Fsp3) is 0. The highest BCUT2D eigenvalue weighted by Gasteiger charge is 2.04. The number of hydrazine groups is 2. The van der Waals surface area contributed by atoms with Gasteiger partial charge in [-0.15, -0.1) is 12.6 Å². The van der Waals surface area contributed by atoms with Crippen molar-refractivity contribution in [1.29, 1.82) is 0 Å². The van der Waals surface area contributed by atoms with Crippen molar-refractivity contribution in [1.82, 2.24) is 16.1 Å². The van der Waals surface area contributed by atoms with E-state index >= 15 is 0 Å². The third-order valence-electron chi connectivity index (χ3n) is 0.623. The maximum absolute atomic E-state index is 4.76. The maximum Gasteiger partial charge on any atom is 0.149 e. The first kappa shape index (κ1) is 6.66. The second-order valence-electron chi connectivity index (χ2n) is 1.25. The van der Waals surface area contributed by atoms with Gasteiger partial charge in [-0.05, 0) is 0 Å². The molecule has 9 heavy (non-hydrogen) atoms. The molecule has 1 aliphatic heterocycles. The summed E-state index contributed by atoms with van der Waals surface area (Å²) < 4.78 is 0.339. The van der Waals surface area contributed by atoms with Crippen LogP contribution >= 0.6 is 24.8 Å². The van der Waals surface area contributed by atoms with E-state index in [2.05, 4.69) is 35.7 Å². The van der Waals surface area contributed by atoms with Crippen molar-refractivity contribution in [2.75, 3.05) is 0 Å². The van der Waals surface area contributed by atoms with E-state index in [0.717, 1.165) is 0 Å². The van der Waals surface area contributed by atoms with E-state index in [1.165, 1.54) is 11.5 Å². The third kappa shape index (κ3) is 2.08. The average molecular weight is 163 g/mol. The highest BCUT2D eigenvalue weighted by Crippen LogP contribution is 1.90. The van der Waals surface area contributed by atoms with Gasteiger partial charge in [0.1, 0.15) is 10.6 Å². The molecule has 2 N–H and O–H groups in total. The molecule has 0 radical (unpaired) electrons. The van der Waals surface area contributed by atoms with Crippen LogP contribution in [-0.2, 0) is 4.84 Å². The number of thiocarbonyl (C=S) groups is 1. The van der Waals surface area contributed by atoms with Crippen LogP contribution in [0.1, 0.15) is 0 Å². The summed E-state index contributed by atoms with van der Waals surface area (Å²) >= 11 is 8.40. The summed E-state index contributed by atoms with van der Waals surface area (Å²) in [5.41, 5.74) is 5.25. The Kier molecular flexibility index (Phi) is 2.15. The zero-order chi connectivity index (χ0) is 6.69. The first-order valence-electron chi connectivity index (χ1n) is 2.17. The van der Waals surface area contributed by atoms with Gasteiger partial charge in [0.25, 0.3) is 0 Å². The number of thiol groups is 1. The lowest BCUT2D eigenvalue weighted by molar-refractivity contribution is -0.137. The van der Waals surface area contributed by atoms with Crippen LogP contribution in [0.5, 0.6) is 0 Å². The van der Waals surface area contributed by atoms with Crippen LogP contribution in [0.4, 0.5) is 0 Å². The molecular formula is C3H5N3OS2. The Morgan fingerprint density at radius 3 is 3.11 bits per heavy atom. The molecule has 0 aromatic heterocycles. The Balaban J connectivity index is 2.22. The first-order chi connectivity index (χ1) is 4.29. The molecule has 0 bridgehead atoms. The van der Waals surface area contributed by atoms with Crippen molar-refractivity contribution in [2.45, 2.75) is 0 Å². The fourth-order valence-corrected chi connectivity index (χ4v) is 0.539. The Labute approximate surface area is 63.2 Å². The standard InChI is InChI=1S/C3H5N3OS2/c8-3(9)5-6-4-1-2-7-6/h1-2,4H,(H2,5,8,9). The molecule has 0 amide bonds. The van der Waals surface area contributed by atoms with Crippen LogP contribution in [0.15, 0.2) is 12.5 Å². The third-order valence-corrected chi connectivity index (χ3v) is 0.815. The Morgan fingerprint density at radius 1 is 1.89 bits per heavy atom. The van der Waals surface area contributed by atoms with E-state index in [-0.39, 0.29) is 0 Å². The van der Waals surface area contributed by atoms with E-state index < -0.39 is 0 Å². The smallest absolute Gasteiger partial charge is 0.149 e. The number of hydrogen-bond acceptors (Lipinski definition) is 4. The fourth-order valence-electron chi connectivity index (χ4n) is 0.365. The minimum absolute atomic E-state index is 0.339. The van der Waals surface area contributed by atoms with Gasteiger partial charge in [-0.2, -0.15) is 0 Å². The summed E-state index contributed by atoms with van der Waals surface area (Å²) in [4.78, 5) is 4.76. The normalized spacial score (nSPS) is 16.6. The van der Waals surface area contributed by atoms with E-state index in [1.807, 2.05) is 0 Å². The van der Waals surface area contributed by atoms with Gasteiger partial charge >= 0.3 is 0 Å². The minimum Gasteiger partial charge on any atom is -0.373 e. The van der Waals surface area contributed by atoms with Crippen molar-refractivity contribution >= 4 is 29.2 Å². The van der Waals surface area contributed by atoms with Crippen LogP contribution in [-0.4, -0.2) is 9.60 Å². The number of hydrogen-bond donors (Lipinski definition) is 3. The number of nitrogens with one attached hydrogen (secondary N) is 2. The molecule has 50 valence electrons. The van der Waals surface area contributed by atoms with E-state index in [0.29, 0.717) is 4.32 Å². The summed E-state index contributed by atoms with van der Waals surface area (Å²) in [6, 6.07) is 0. The van der Waals surface area contributed by atoms with Gasteiger partial charge in [0, 0.05) is 5.28 Å². The Morgan fingerprint density at radius 2 is 2.67 bits per heavy atom. The van der Waals surface area contributed by atoms with Crippen LogP contribution in [0.2, 0.25) is 0 Å². The second-order valence-corrected chi connectivity index (χ2v) is 2.41. The summed E-state index contributed by atoms with van der Waals surface area (Å²) in [5, 5.41) is 1.23. The Bertz CT molecular complexity index is 140. The van der Waals surface area contributed by atoms with Gasteiger partial charge in [-0.1, -0.05) is 12.2 Å². The van der Waals surface area contributed by atoms with Crippen LogP contribution in [0.25, 0.3) is 0 Å². The van der Waals surface area contributed by atoms with Gasteiger partial charge in [-0.25, -0.2) is 0 Å². The van der Waals surface area contributed by atoms with Gasteiger partial charge in [0.2, 0.25) is 0 Å². The predicted octanol–water partition coefficient (Wildman–Crippen LogP) is -0.0713. The second kappa shape index (κ2) is 2.90. The molecule has 0 fully saturated rings. The van der Waals surface area contributed by atoms with Crippen molar-refractivity contribution in [3.05, 3.63) is 12.5 Å². The van der Waals surface area contributed by atoms with Crippen LogP contribution in [0.3, 0.4) is 0 Å². The average Bonchev–Trinajstić information content (AvgIpc) is 2.15. The molecule has 0 saturated carbocycles. The molecule has 0 atom stereocenters. The minimum atomic E-state index is 0.339. The molecule has 1 heterocycles. The predicted molar refractivity (Wildman–Crippen MR) is 39.9 cm³/mol. The van der Waals surface area contributed by atoms with Crippen molar-refractivity contribution in [2.24, 2.45) is 0 Å². The van der Waals surface area contributed by atoms with Crippen molar-refractivity contribution < 1.29 is 4.84 Å². The summed E-state index contributed by atoms with van der Waals surface area (Å²) in [6.45, 7) is 0. The molecule has 0 unspecified atom stereocenters.